The Morgan fingerprint density at radius 3 is 2.52 bits per heavy atom. The molecule has 0 spiro atoms. The Kier molecular flexibility index (Phi) is 6.85. The lowest BCUT2D eigenvalue weighted by molar-refractivity contribution is -0.129. The van der Waals surface area contributed by atoms with Crippen LogP contribution in [0, 0.1) is 19.8 Å². The average molecular weight is 397 g/mol. The highest BCUT2D eigenvalue weighted by Crippen LogP contribution is 2.21. The number of fused-ring (bicyclic) bond motifs is 1. The Morgan fingerprint density at radius 1 is 1.14 bits per heavy atom. The Morgan fingerprint density at radius 2 is 1.83 bits per heavy atom. The van der Waals surface area contributed by atoms with Gasteiger partial charge in [0.15, 0.2) is 0 Å². The smallest absolute Gasteiger partial charge is 0.226 e. The van der Waals surface area contributed by atoms with Crippen molar-refractivity contribution >= 4 is 11.9 Å². The van der Waals surface area contributed by atoms with Crippen molar-refractivity contribution in [1.82, 2.24) is 14.9 Å². The SMILES string of the molecule is Cc1cc(C)nc(NC(CCN(C)C(=O)Cc2ccc3c(c2)COC3)C(C)C)n1. The van der Waals surface area contributed by atoms with Gasteiger partial charge in [-0.25, -0.2) is 9.97 Å². The molecule has 29 heavy (non-hydrogen) atoms. The highest BCUT2D eigenvalue weighted by molar-refractivity contribution is 5.78. The Balaban J connectivity index is 1.55. The van der Waals surface area contributed by atoms with Gasteiger partial charge in [-0.15, -0.1) is 0 Å². The monoisotopic (exact) mass is 396 g/mol. The molecule has 2 aromatic rings. The molecule has 1 unspecified atom stereocenters. The molecule has 6 nitrogen and oxygen atoms in total. The largest absolute Gasteiger partial charge is 0.372 e. The van der Waals surface area contributed by atoms with Crippen LogP contribution in [-0.4, -0.2) is 40.4 Å². The van der Waals surface area contributed by atoms with Crippen molar-refractivity contribution in [2.45, 2.75) is 59.8 Å². The highest BCUT2D eigenvalue weighted by Gasteiger charge is 2.18. The molecule has 1 aromatic heterocycles. The van der Waals surface area contributed by atoms with Crippen LogP contribution in [0.4, 0.5) is 5.95 Å². The van der Waals surface area contributed by atoms with Gasteiger partial charge in [0, 0.05) is 31.0 Å². The highest BCUT2D eigenvalue weighted by atomic mass is 16.5. The minimum atomic E-state index is 0.133. The summed E-state index contributed by atoms with van der Waals surface area (Å²) in [6, 6.07) is 8.38. The third-order valence-electron chi connectivity index (χ3n) is 5.44. The standard InChI is InChI=1S/C23H32N4O2/c1-15(2)21(26-23-24-16(3)10-17(4)25-23)8-9-27(5)22(28)12-18-6-7-19-13-29-14-20(19)11-18/h6-7,10-11,15,21H,8-9,12-14H2,1-5H3,(H,24,25,26). The molecule has 6 heteroatoms. The van der Waals surface area contributed by atoms with Crippen LogP contribution in [0.2, 0.25) is 0 Å². The maximum Gasteiger partial charge on any atom is 0.226 e. The quantitative estimate of drug-likeness (QED) is 0.738. The summed E-state index contributed by atoms with van der Waals surface area (Å²) < 4.78 is 5.46. The number of aryl methyl sites for hydroxylation is 2. The molecule has 0 saturated carbocycles. The van der Waals surface area contributed by atoms with E-state index in [2.05, 4.69) is 41.3 Å². The second kappa shape index (κ2) is 9.35. The van der Waals surface area contributed by atoms with Gasteiger partial charge in [0.2, 0.25) is 11.9 Å². The normalized spacial score (nSPS) is 14.0. The van der Waals surface area contributed by atoms with Crippen LogP contribution < -0.4 is 5.32 Å². The molecule has 2 heterocycles. The van der Waals surface area contributed by atoms with Crippen LogP contribution >= 0.6 is 0 Å². The van der Waals surface area contributed by atoms with Crippen LogP contribution in [0.3, 0.4) is 0 Å². The fourth-order valence-corrected chi connectivity index (χ4v) is 3.63. The van der Waals surface area contributed by atoms with E-state index in [1.165, 1.54) is 11.1 Å². The summed E-state index contributed by atoms with van der Waals surface area (Å²) in [5, 5.41) is 3.46. The Hall–Kier alpha value is -2.47. The molecule has 0 fully saturated rings. The predicted octanol–water partition coefficient (Wildman–Crippen LogP) is 3.65. The van der Waals surface area contributed by atoms with E-state index < -0.39 is 0 Å². The van der Waals surface area contributed by atoms with Crippen LogP contribution in [0.1, 0.15) is 48.3 Å². The average Bonchev–Trinajstić information content (AvgIpc) is 3.11. The van der Waals surface area contributed by atoms with E-state index >= 15 is 0 Å². The number of carbonyl (C=O) groups is 1. The summed E-state index contributed by atoms with van der Waals surface area (Å²) in [5.74, 6) is 1.20. The molecule has 1 N–H and O–H groups in total. The van der Waals surface area contributed by atoms with Gasteiger partial charge in [-0.2, -0.15) is 0 Å². The van der Waals surface area contributed by atoms with E-state index in [1.54, 1.807) is 0 Å². The molecule has 0 bridgehead atoms. The lowest BCUT2D eigenvalue weighted by Crippen LogP contribution is -2.35. The summed E-state index contributed by atoms with van der Waals surface area (Å²) in [4.78, 5) is 23.5. The molecule has 1 aliphatic heterocycles. The van der Waals surface area contributed by atoms with Crippen LogP contribution in [0.15, 0.2) is 24.3 Å². The van der Waals surface area contributed by atoms with Crippen molar-refractivity contribution < 1.29 is 9.53 Å². The molecule has 1 aliphatic rings. The van der Waals surface area contributed by atoms with Gasteiger partial charge < -0.3 is 15.0 Å². The van der Waals surface area contributed by atoms with E-state index in [0.717, 1.165) is 23.4 Å². The zero-order valence-electron chi connectivity index (χ0n) is 18.2. The number of benzene rings is 1. The number of carbonyl (C=O) groups excluding carboxylic acids is 1. The van der Waals surface area contributed by atoms with Gasteiger partial charge in [0.05, 0.1) is 19.6 Å². The molecule has 1 aromatic carbocycles. The van der Waals surface area contributed by atoms with Gasteiger partial charge in [0.25, 0.3) is 0 Å². The first-order valence-corrected chi connectivity index (χ1v) is 10.3. The first-order chi connectivity index (χ1) is 13.8. The number of hydrogen-bond donors (Lipinski definition) is 1. The van der Waals surface area contributed by atoms with Gasteiger partial charge in [-0.1, -0.05) is 32.0 Å². The van der Waals surface area contributed by atoms with Crippen LogP contribution in [-0.2, 0) is 29.2 Å². The number of hydrogen-bond acceptors (Lipinski definition) is 5. The van der Waals surface area contributed by atoms with Crippen molar-refractivity contribution in [2.75, 3.05) is 18.9 Å². The summed E-state index contributed by atoms with van der Waals surface area (Å²) in [7, 11) is 1.88. The number of ether oxygens (including phenoxy) is 1. The van der Waals surface area contributed by atoms with E-state index in [4.69, 9.17) is 4.74 Å². The zero-order chi connectivity index (χ0) is 21.0. The predicted molar refractivity (Wildman–Crippen MR) is 115 cm³/mol. The third-order valence-corrected chi connectivity index (χ3v) is 5.44. The molecule has 0 saturated heterocycles. The third kappa shape index (κ3) is 5.76. The fourth-order valence-electron chi connectivity index (χ4n) is 3.63. The van der Waals surface area contributed by atoms with Crippen molar-refractivity contribution in [3.8, 4) is 0 Å². The molecule has 0 radical (unpaired) electrons. The number of aromatic nitrogens is 2. The lowest BCUT2D eigenvalue weighted by atomic mass is 10.0. The number of rotatable bonds is 8. The number of anilines is 1. The van der Waals surface area contributed by atoms with Crippen molar-refractivity contribution in [1.29, 1.82) is 0 Å². The second-order valence-electron chi connectivity index (χ2n) is 8.35. The topological polar surface area (TPSA) is 67.4 Å². The van der Waals surface area contributed by atoms with Crippen LogP contribution in [0.25, 0.3) is 0 Å². The number of likely N-dealkylation sites (N-methyl/N-ethyl adjacent to an activating group) is 1. The summed E-state index contributed by atoms with van der Waals surface area (Å²) in [6.45, 7) is 10.3. The van der Waals surface area contributed by atoms with Gasteiger partial charge in [0.1, 0.15) is 0 Å². The minimum Gasteiger partial charge on any atom is -0.372 e. The summed E-state index contributed by atoms with van der Waals surface area (Å²) in [6.07, 6.45) is 1.26. The fraction of sp³-hybridized carbons (Fsp3) is 0.522. The van der Waals surface area contributed by atoms with E-state index in [1.807, 2.05) is 37.9 Å². The summed E-state index contributed by atoms with van der Waals surface area (Å²) >= 11 is 0. The molecular formula is C23H32N4O2. The number of nitrogens with zero attached hydrogens (tertiary/aromatic N) is 3. The van der Waals surface area contributed by atoms with Crippen molar-refractivity contribution in [3.63, 3.8) is 0 Å². The molecule has 1 atom stereocenters. The maximum absolute atomic E-state index is 12.7. The van der Waals surface area contributed by atoms with Gasteiger partial charge >= 0.3 is 0 Å². The van der Waals surface area contributed by atoms with E-state index in [-0.39, 0.29) is 11.9 Å². The lowest BCUT2D eigenvalue weighted by Gasteiger charge is -2.26. The van der Waals surface area contributed by atoms with Gasteiger partial charge in [-0.3, -0.25) is 4.79 Å². The number of amides is 1. The maximum atomic E-state index is 12.7. The second-order valence-corrected chi connectivity index (χ2v) is 8.35. The molecule has 3 rings (SSSR count). The molecule has 0 aliphatic carbocycles. The Labute approximate surface area is 173 Å². The van der Waals surface area contributed by atoms with Crippen molar-refractivity contribution in [2.24, 2.45) is 5.92 Å². The van der Waals surface area contributed by atoms with E-state index in [9.17, 15) is 4.79 Å². The zero-order valence-corrected chi connectivity index (χ0v) is 18.2. The first-order valence-electron chi connectivity index (χ1n) is 10.3. The van der Waals surface area contributed by atoms with Crippen molar-refractivity contribution in [3.05, 3.63) is 52.3 Å². The first kappa shape index (κ1) is 21.2. The summed E-state index contributed by atoms with van der Waals surface area (Å²) in [5.41, 5.74) is 5.39. The number of nitrogens with one attached hydrogen (secondary N) is 1. The Bertz CT molecular complexity index is 846. The van der Waals surface area contributed by atoms with Crippen LogP contribution in [0.5, 0.6) is 0 Å². The molecular weight excluding hydrogens is 364 g/mol. The molecule has 156 valence electrons. The van der Waals surface area contributed by atoms with Gasteiger partial charge in [-0.05, 0) is 48.9 Å². The molecule has 1 amide bonds. The van der Waals surface area contributed by atoms with E-state index in [0.29, 0.717) is 38.0 Å². The minimum absolute atomic E-state index is 0.133.